The fourth-order valence-corrected chi connectivity index (χ4v) is 6.48. The number of nitrogens with two attached hydrogens (primary N) is 1. The van der Waals surface area contributed by atoms with Crippen LogP contribution in [0.25, 0.3) is 11.1 Å². The van der Waals surface area contributed by atoms with Crippen LogP contribution in [0.4, 0.5) is 0 Å². The van der Waals surface area contributed by atoms with E-state index in [1.54, 1.807) is 12.1 Å². The van der Waals surface area contributed by atoms with Gasteiger partial charge in [-0.2, -0.15) is 0 Å². The Kier molecular flexibility index (Phi) is 11.4. The van der Waals surface area contributed by atoms with Crippen LogP contribution < -0.4 is 11.1 Å². The van der Waals surface area contributed by atoms with Crippen LogP contribution in [-0.4, -0.2) is 41.5 Å². The third-order valence-electron chi connectivity index (χ3n) is 8.87. The van der Waals surface area contributed by atoms with Crippen LogP contribution in [0.5, 0.6) is 5.75 Å². The molecule has 0 spiro atoms. The largest absolute Gasteiger partial charge is 0.508 e. The first kappa shape index (κ1) is 32.5. The lowest BCUT2D eigenvalue weighted by atomic mass is 9.82. The number of amides is 2. The fraction of sp³-hybridized carbons (Fsp3) is 0.316. The van der Waals surface area contributed by atoms with Crippen LogP contribution >= 0.6 is 15.9 Å². The highest BCUT2D eigenvalue weighted by atomic mass is 79.9. The second kappa shape index (κ2) is 15.9. The van der Waals surface area contributed by atoms with E-state index in [9.17, 15) is 14.7 Å². The van der Waals surface area contributed by atoms with Gasteiger partial charge < -0.3 is 21.1 Å². The van der Waals surface area contributed by atoms with Crippen molar-refractivity contribution < 1.29 is 14.7 Å². The van der Waals surface area contributed by atoms with Crippen molar-refractivity contribution in [2.75, 3.05) is 19.6 Å². The Balaban J connectivity index is 1.27. The number of carbonyl (C=O) groups excluding carboxylic acids is 2. The van der Waals surface area contributed by atoms with Gasteiger partial charge in [-0.1, -0.05) is 76.6 Å². The van der Waals surface area contributed by atoms with Crippen LogP contribution in [0.3, 0.4) is 0 Å². The van der Waals surface area contributed by atoms with Crippen LogP contribution in [0, 0.1) is 11.8 Å². The number of phenols is 1. The molecule has 45 heavy (non-hydrogen) atoms. The maximum absolute atomic E-state index is 13.6. The molecule has 0 aliphatic heterocycles. The highest BCUT2D eigenvalue weighted by molar-refractivity contribution is 9.10. The van der Waals surface area contributed by atoms with Crippen LogP contribution in [0.2, 0.25) is 0 Å². The fourth-order valence-electron chi connectivity index (χ4n) is 6.06. The van der Waals surface area contributed by atoms with Crippen molar-refractivity contribution >= 4 is 27.7 Å². The standard InChI is InChI=1S/C38H42BrN3O3/c39-36-10-2-1-6-33(36)23-37(44)42(20-19-27-15-17-35(43)18-16-27)26-30-5-3-7-31(21-30)32-8-4-9-34(22-32)38(45)41-25-29-13-11-28(24-40)12-14-29/h1-10,15-18,21-22,28-29,43H,11-14,19-20,23-26,40H2,(H,41,45). The van der Waals surface area contributed by atoms with Crippen molar-refractivity contribution in [3.05, 3.63) is 124 Å². The summed E-state index contributed by atoms with van der Waals surface area (Å²) in [6.45, 7) is 2.46. The summed E-state index contributed by atoms with van der Waals surface area (Å²) in [6.07, 6.45) is 5.49. The molecule has 2 amide bonds. The number of rotatable bonds is 12. The van der Waals surface area contributed by atoms with Crippen molar-refractivity contribution in [2.24, 2.45) is 17.6 Å². The molecule has 7 heteroatoms. The van der Waals surface area contributed by atoms with Gasteiger partial charge in [-0.3, -0.25) is 9.59 Å². The smallest absolute Gasteiger partial charge is 0.251 e. The molecular weight excluding hydrogens is 626 g/mol. The van der Waals surface area contributed by atoms with E-state index in [4.69, 9.17) is 5.73 Å². The van der Waals surface area contributed by atoms with Gasteiger partial charge in [0.1, 0.15) is 5.75 Å². The molecule has 4 aromatic rings. The van der Waals surface area contributed by atoms with Crippen LogP contribution in [-0.2, 0) is 24.2 Å². The second-order valence-corrected chi connectivity index (χ2v) is 13.0. The molecular formula is C38H42BrN3O3. The zero-order chi connectivity index (χ0) is 31.6. The summed E-state index contributed by atoms with van der Waals surface area (Å²) < 4.78 is 0.918. The van der Waals surface area contributed by atoms with Crippen LogP contribution in [0.15, 0.2) is 102 Å². The number of halogens is 1. The van der Waals surface area contributed by atoms with Gasteiger partial charge in [0.15, 0.2) is 0 Å². The minimum atomic E-state index is -0.0490. The normalized spacial score (nSPS) is 16.2. The lowest BCUT2D eigenvalue weighted by molar-refractivity contribution is -0.131. The summed E-state index contributed by atoms with van der Waals surface area (Å²) in [5, 5.41) is 12.8. The number of hydrogen-bond donors (Lipinski definition) is 3. The molecule has 1 aliphatic carbocycles. The monoisotopic (exact) mass is 667 g/mol. The Morgan fingerprint density at radius 1 is 0.822 bits per heavy atom. The summed E-state index contributed by atoms with van der Waals surface area (Å²) >= 11 is 3.58. The van der Waals surface area contributed by atoms with Gasteiger partial charge in [0.2, 0.25) is 5.91 Å². The highest BCUT2D eigenvalue weighted by Gasteiger charge is 2.21. The number of benzene rings is 4. The molecule has 6 nitrogen and oxygen atoms in total. The van der Waals surface area contributed by atoms with E-state index in [0.29, 0.717) is 49.9 Å². The number of nitrogens with zero attached hydrogens (tertiary/aromatic N) is 1. The first-order chi connectivity index (χ1) is 21.9. The van der Waals surface area contributed by atoms with Gasteiger partial charge in [-0.15, -0.1) is 0 Å². The molecule has 5 rings (SSSR count). The maximum Gasteiger partial charge on any atom is 0.251 e. The number of hydrogen-bond acceptors (Lipinski definition) is 4. The van der Waals surface area contributed by atoms with E-state index >= 15 is 0 Å². The van der Waals surface area contributed by atoms with Crippen molar-refractivity contribution in [2.45, 2.75) is 45.1 Å². The minimum absolute atomic E-state index is 0.0428. The Bertz CT molecular complexity index is 1580. The summed E-state index contributed by atoms with van der Waals surface area (Å²) in [4.78, 5) is 28.6. The van der Waals surface area contributed by atoms with Gasteiger partial charge in [0, 0.05) is 29.7 Å². The molecule has 4 N–H and O–H groups in total. The van der Waals surface area contributed by atoms with Gasteiger partial charge in [0.25, 0.3) is 5.91 Å². The summed E-state index contributed by atoms with van der Waals surface area (Å²) in [5.41, 5.74) is 11.5. The van der Waals surface area contributed by atoms with E-state index in [0.717, 1.165) is 64.5 Å². The maximum atomic E-state index is 13.6. The average molecular weight is 669 g/mol. The number of carbonyl (C=O) groups is 2. The molecule has 0 unspecified atom stereocenters. The van der Waals surface area contributed by atoms with E-state index in [1.807, 2.05) is 83.8 Å². The van der Waals surface area contributed by atoms with Crippen molar-refractivity contribution in [1.29, 1.82) is 0 Å². The molecule has 4 aromatic carbocycles. The highest BCUT2D eigenvalue weighted by Crippen LogP contribution is 2.28. The van der Waals surface area contributed by atoms with E-state index in [2.05, 4.69) is 27.3 Å². The quantitative estimate of drug-likeness (QED) is 0.150. The van der Waals surface area contributed by atoms with E-state index < -0.39 is 0 Å². The summed E-state index contributed by atoms with van der Waals surface area (Å²) in [7, 11) is 0. The Hall–Kier alpha value is -3.94. The average Bonchev–Trinajstić information content (AvgIpc) is 3.07. The molecule has 0 aromatic heterocycles. The third kappa shape index (κ3) is 9.28. The lowest BCUT2D eigenvalue weighted by Crippen LogP contribution is -2.33. The van der Waals surface area contributed by atoms with Gasteiger partial charge >= 0.3 is 0 Å². The number of phenolic OH excluding ortho intramolecular Hbond substituents is 1. The Morgan fingerprint density at radius 3 is 2.24 bits per heavy atom. The Morgan fingerprint density at radius 2 is 1.51 bits per heavy atom. The zero-order valence-corrected chi connectivity index (χ0v) is 27.2. The molecule has 1 saturated carbocycles. The Labute approximate surface area is 274 Å². The molecule has 1 aliphatic rings. The van der Waals surface area contributed by atoms with E-state index in [-0.39, 0.29) is 17.6 Å². The molecule has 0 bridgehead atoms. The predicted octanol–water partition coefficient (Wildman–Crippen LogP) is 7.13. The van der Waals surface area contributed by atoms with Gasteiger partial charge in [-0.25, -0.2) is 0 Å². The van der Waals surface area contributed by atoms with Gasteiger partial charge in [0.05, 0.1) is 6.42 Å². The molecule has 0 saturated heterocycles. The molecule has 234 valence electrons. The molecule has 0 radical (unpaired) electrons. The minimum Gasteiger partial charge on any atom is -0.508 e. The molecule has 0 atom stereocenters. The summed E-state index contributed by atoms with van der Waals surface area (Å²) in [6, 6.07) is 30.9. The van der Waals surface area contributed by atoms with Crippen molar-refractivity contribution in [1.82, 2.24) is 10.2 Å². The van der Waals surface area contributed by atoms with Crippen molar-refractivity contribution in [3.63, 3.8) is 0 Å². The van der Waals surface area contributed by atoms with Crippen molar-refractivity contribution in [3.8, 4) is 16.9 Å². The van der Waals surface area contributed by atoms with E-state index in [1.165, 1.54) is 0 Å². The number of nitrogens with one attached hydrogen (secondary N) is 1. The molecule has 1 fully saturated rings. The predicted molar refractivity (Wildman–Crippen MR) is 184 cm³/mol. The second-order valence-electron chi connectivity index (χ2n) is 12.1. The number of aromatic hydroxyl groups is 1. The molecule has 0 heterocycles. The zero-order valence-electron chi connectivity index (χ0n) is 25.6. The first-order valence-electron chi connectivity index (χ1n) is 15.8. The van der Waals surface area contributed by atoms with Gasteiger partial charge in [-0.05, 0) is 115 Å². The first-order valence-corrected chi connectivity index (χ1v) is 16.6. The lowest BCUT2D eigenvalue weighted by Gasteiger charge is -2.27. The summed E-state index contributed by atoms with van der Waals surface area (Å²) in [5.74, 6) is 1.36. The van der Waals surface area contributed by atoms with Crippen LogP contribution in [0.1, 0.15) is 52.7 Å². The topological polar surface area (TPSA) is 95.7 Å². The third-order valence-corrected chi connectivity index (χ3v) is 9.64. The SMILES string of the molecule is NCC1CCC(CNC(=O)c2cccc(-c3cccc(CN(CCc4ccc(O)cc4)C(=O)Cc4ccccc4Br)c3)c2)CC1.